The minimum absolute atomic E-state index is 0.0347. The van der Waals surface area contributed by atoms with Gasteiger partial charge in [0.15, 0.2) is 0 Å². The van der Waals surface area contributed by atoms with Crippen LogP contribution in [-0.2, 0) is 11.3 Å². The van der Waals surface area contributed by atoms with Crippen LogP contribution in [0, 0.1) is 16.7 Å². The quantitative estimate of drug-likeness (QED) is 0.812. The van der Waals surface area contributed by atoms with E-state index in [1.165, 1.54) is 10.8 Å². The van der Waals surface area contributed by atoms with Crippen molar-refractivity contribution in [3.05, 3.63) is 32.6 Å². The average Bonchev–Trinajstić information content (AvgIpc) is 2.33. The molecular formula is C12H15N3O3. The van der Waals surface area contributed by atoms with Crippen molar-refractivity contribution in [3.8, 4) is 6.07 Å². The van der Waals surface area contributed by atoms with E-state index in [0.29, 0.717) is 19.8 Å². The molecular weight excluding hydrogens is 234 g/mol. The van der Waals surface area contributed by atoms with Crippen LogP contribution in [0.1, 0.15) is 25.3 Å². The number of nitriles is 1. The second kappa shape index (κ2) is 4.78. The highest BCUT2D eigenvalue weighted by Gasteiger charge is 2.28. The summed E-state index contributed by atoms with van der Waals surface area (Å²) in [6.07, 6.45) is 3.06. The summed E-state index contributed by atoms with van der Waals surface area (Å²) >= 11 is 0. The molecule has 1 N–H and O–H groups in total. The minimum Gasteiger partial charge on any atom is -0.381 e. The molecule has 0 aliphatic carbocycles. The van der Waals surface area contributed by atoms with Gasteiger partial charge in [-0.15, -0.1) is 0 Å². The molecule has 0 radical (unpaired) electrons. The summed E-state index contributed by atoms with van der Waals surface area (Å²) in [7, 11) is 0. The fraction of sp³-hybridized carbons (Fsp3) is 0.583. The molecule has 1 aliphatic rings. The van der Waals surface area contributed by atoms with Crippen LogP contribution in [0.15, 0.2) is 15.8 Å². The lowest BCUT2D eigenvalue weighted by Gasteiger charge is -2.33. The number of nitrogens with one attached hydrogen (secondary N) is 1. The second-order valence-electron chi connectivity index (χ2n) is 4.96. The summed E-state index contributed by atoms with van der Waals surface area (Å²) in [6.45, 7) is 3.93. The standard InChI is InChI=1S/C12H15N3O3/c1-12(2-4-18-5-3-12)8-15-7-9(6-13)10(16)14-11(15)17/h7H,2-5,8H2,1H3,(H,14,16,17). The van der Waals surface area contributed by atoms with Crippen LogP contribution in [0.4, 0.5) is 0 Å². The van der Waals surface area contributed by atoms with Crippen LogP contribution in [0.5, 0.6) is 0 Å². The third kappa shape index (κ3) is 2.51. The Morgan fingerprint density at radius 3 is 2.78 bits per heavy atom. The summed E-state index contributed by atoms with van der Waals surface area (Å²) < 4.78 is 6.71. The van der Waals surface area contributed by atoms with E-state index in [2.05, 4.69) is 11.9 Å². The highest BCUT2D eigenvalue weighted by Crippen LogP contribution is 2.30. The minimum atomic E-state index is -0.629. The molecule has 0 aromatic carbocycles. The van der Waals surface area contributed by atoms with Gasteiger partial charge in [0.1, 0.15) is 11.6 Å². The summed E-state index contributed by atoms with van der Waals surface area (Å²) in [5.41, 5.74) is -1.17. The number of hydrogen-bond acceptors (Lipinski definition) is 4. The molecule has 96 valence electrons. The molecule has 1 fully saturated rings. The summed E-state index contributed by atoms with van der Waals surface area (Å²) in [6, 6.07) is 1.78. The topological polar surface area (TPSA) is 87.9 Å². The molecule has 1 aromatic rings. The van der Waals surface area contributed by atoms with Crippen molar-refractivity contribution >= 4 is 0 Å². The first-order chi connectivity index (χ1) is 8.54. The van der Waals surface area contributed by atoms with Gasteiger partial charge in [0.2, 0.25) is 0 Å². The number of H-pyrrole nitrogens is 1. The molecule has 0 atom stereocenters. The zero-order valence-corrected chi connectivity index (χ0v) is 10.2. The van der Waals surface area contributed by atoms with Crippen molar-refractivity contribution in [2.45, 2.75) is 26.3 Å². The lowest BCUT2D eigenvalue weighted by atomic mass is 9.82. The van der Waals surface area contributed by atoms with Crippen LogP contribution in [0.3, 0.4) is 0 Å². The maximum Gasteiger partial charge on any atom is 0.328 e. The summed E-state index contributed by atoms with van der Waals surface area (Å²) in [5, 5.41) is 8.80. The van der Waals surface area contributed by atoms with E-state index < -0.39 is 11.2 Å². The molecule has 1 aliphatic heterocycles. The van der Waals surface area contributed by atoms with E-state index in [1.807, 2.05) is 0 Å². The smallest absolute Gasteiger partial charge is 0.328 e. The van der Waals surface area contributed by atoms with Gasteiger partial charge in [-0.05, 0) is 18.3 Å². The normalized spacial score (nSPS) is 18.2. The molecule has 6 heteroatoms. The molecule has 2 rings (SSSR count). The van der Waals surface area contributed by atoms with E-state index in [0.717, 1.165) is 12.8 Å². The van der Waals surface area contributed by atoms with Gasteiger partial charge in [0.25, 0.3) is 5.56 Å². The van der Waals surface area contributed by atoms with Gasteiger partial charge in [-0.25, -0.2) is 4.79 Å². The Bertz CT molecular complexity index is 588. The van der Waals surface area contributed by atoms with Gasteiger partial charge < -0.3 is 4.74 Å². The summed E-state index contributed by atoms with van der Waals surface area (Å²) in [5.74, 6) is 0. The molecule has 0 bridgehead atoms. The van der Waals surface area contributed by atoms with E-state index in [4.69, 9.17) is 10.00 Å². The third-order valence-electron chi connectivity index (χ3n) is 3.38. The SMILES string of the molecule is CC1(Cn2cc(C#N)c(=O)[nH]c2=O)CCOCC1. The largest absolute Gasteiger partial charge is 0.381 e. The molecule has 0 amide bonds. The Morgan fingerprint density at radius 2 is 2.17 bits per heavy atom. The van der Waals surface area contributed by atoms with Gasteiger partial charge in [0, 0.05) is 26.0 Å². The lowest BCUT2D eigenvalue weighted by molar-refractivity contribution is 0.0148. The van der Waals surface area contributed by atoms with Crippen LogP contribution in [0.2, 0.25) is 0 Å². The number of aromatic amines is 1. The first kappa shape index (κ1) is 12.6. The molecule has 1 saturated heterocycles. The van der Waals surface area contributed by atoms with Crippen molar-refractivity contribution in [2.24, 2.45) is 5.41 Å². The Hall–Kier alpha value is -1.87. The molecule has 2 heterocycles. The van der Waals surface area contributed by atoms with Crippen molar-refractivity contribution in [2.75, 3.05) is 13.2 Å². The maximum atomic E-state index is 11.7. The van der Waals surface area contributed by atoms with Gasteiger partial charge in [-0.1, -0.05) is 6.92 Å². The van der Waals surface area contributed by atoms with E-state index in [9.17, 15) is 9.59 Å². The third-order valence-corrected chi connectivity index (χ3v) is 3.38. The van der Waals surface area contributed by atoms with Crippen molar-refractivity contribution in [1.82, 2.24) is 9.55 Å². The molecule has 0 saturated carbocycles. The Balaban J connectivity index is 2.32. The molecule has 1 aromatic heterocycles. The number of hydrogen-bond donors (Lipinski definition) is 1. The highest BCUT2D eigenvalue weighted by molar-refractivity contribution is 5.21. The predicted molar refractivity (Wildman–Crippen MR) is 64.2 cm³/mol. The lowest BCUT2D eigenvalue weighted by Crippen LogP contribution is -2.38. The van der Waals surface area contributed by atoms with E-state index in [-0.39, 0.29) is 11.0 Å². The van der Waals surface area contributed by atoms with Crippen molar-refractivity contribution in [3.63, 3.8) is 0 Å². The maximum absolute atomic E-state index is 11.7. The van der Waals surface area contributed by atoms with Gasteiger partial charge in [-0.3, -0.25) is 14.3 Å². The number of rotatable bonds is 2. The van der Waals surface area contributed by atoms with Gasteiger partial charge in [-0.2, -0.15) is 5.26 Å². The fourth-order valence-corrected chi connectivity index (χ4v) is 2.14. The molecule has 0 spiro atoms. The number of nitrogens with zero attached hydrogens (tertiary/aromatic N) is 2. The molecule has 6 nitrogen and oxygen atoms in total. The summed E-state index contributed by atoms with van der Waals surface area (Å²) in [4.78, 5) is 25.1. The van der Waals surface area contributed by atoms with E-state index >= 15 is 0 Å². The zero-order valence-electron chi connectivity index (χ0n) is 10.2. The molecule has 18 heavy (non-hydrogen) atoms. The van der Waals surface area contributed by atoms with Gasteiger partial charge >= 0.3 is 5.69 Å². The zero-order chi connectivity index (χ0) is 13.2. The Morgan fingerprint density at radius 1 is 1.50 bits per heavy atom. The van der Waals surface area contributed by atoms with Crippen molar-refractivity contribution in [1.29, 1.82) is 5.26 Å². The number of ether oxygens (including phenoxy) is 1. The predicted octanol–water partition coefficient (Wildman–Crippen LogP) is 0.225. The first-order valence-corrected chi connectivity index (χ1v) is 5.86. The second-order valence-corrected chi connectivity index (χ2v) is 4.96. The monoisotopic (exact) mass is 249 g/mol. The highest BCUT2D eigenvalue weighted by atomic mass is 16.5. The fourth-order valence-electron chi connectivity index (χ4n) is 2.14. The van der Waals surface area contributed by atoms with Crippen LogP contribution in [-0.4, -0.2) is 22.8 Å². The van der Waals surface area contributed by atoms with E-state index in [1.54, 1.807) is 6.07 Å². The Labute approximate surface area is 104 Å². The average molecular weight is 249 g/mol. The van der Waals surface area contributed by atoms with Gasteiger partial charge in [0.05, 0.1) is 0 Å². The Kier molecular flexibility index (Phi) is 3.34. The first-order valence-electron chi connectivity index (χ1n) is 5.86. The van der Waals surface area contributed by atoms with Crippen molar-refractivity contribution < 1.29 is 4.74 Å². The van der Waals surface area contributed by atoms with Crippen LogP contribution < -0.4 is 11.2 Å². The molecule has 0 unspecified atom stereocenters. The van der Waals surface area contributed by atoms with Crippen LogP contribution in [0.25, 0.3) is 0 Å². The van der Waals surface area contributed by atoms with Crippen LogP contribution >= 0.6 is 0 Å². The number of aromatic nitrogens is 2.